The SMILES string of the molecule is O=C(CCSCc1ccccc1)N1CCCO[C@H](Cn2cccn2)C1. The lowest BCUT2D eigenvalue weighted by Crippen LogP contribution is -2.38. The molecule has 1 aliphatic heterocycles. The van der Waals surface area contributed by atoms with Crippen molar-refractivity contribution >= 4 is 17.7 Å². The summed E-state index contributed by atoms with van der Waals surface area (Å²) in [5.41, 5.74) is 1.31. The van der Waals surface area contributed by atoms with Crippen LogP contribution in [0.4, 0.5) is 0 Å². The fourth-order valence-electron chi connectivity index (χ4n) is 2.93. The number of hydrogen-bond donors (Lipinski definition) is 0. The average Bonchev–Trinajstić information content (AvgIpc) is 3.03. The molecule has 1 amide bonds. The van der Waals surface area contributed by atoms with Crippen molar-refractivity contribution in [3.63, 3.8) is 0 Å². The molecule has 0 N–H and O–H groups in total. The quantitative estimate of drug-likeness (QED) is 0.713. The molecule has 1 atom stereocenters. The Hall–Kier alpha value is -1.79. The topological polar surface area (TPSA) is 47.4 Å². The first-order valence-electron chi connectivity index (χ1n) is 8.80. The molecular weight excluding hydrogens is 334 g/mol. The van der Waals surface area contributed by atoms with Crippen molar-refractivity contribution < 1.29 is 9.53 Å². The zero-order valence-corrected chi connectivity index (χ0v) is 15.2. The van der Waals surface area contributed by atoms with Crippen LogP contribution in [0.3, 0.4) is 0 Å². The fourth-order valence-corrected chi connectivity index (χ4v) is 3.82. The van der Waals surface area contributed by atoms with Gasteiger partial charge in [-0.1, -0.05) is 30.3 Å². The normalized spacial score (nSPS) is 18.1. The van der Waals surface area contributed by atoms with Gasteiger partial charge in [0.15, 0.2) is 0 Å². The van der Waals surface area contributed by atoms with Gasteiger partial charge in [-0.25, -0.2) is 0 Å². The molecule has 2 aromatic rings. The van der Waals surface area contributed by atoms with Crippen LogP contribution in [0.1, 0.15) is 18.4 Å². The lowest BCUT2D eigenvalue weighted by atomic mass is 10.2. The largest absolute Gasteiger partial charge is 0.374 e. The van der Waals surface area contributed by atoms with Crippen LogP contribution in [0, 0.1) is 0 Å². The van der Waals surface area contributed by atoms with Crippen molar-refractivity contribution in [2.75, 3.05) is 25.4 Å². The number of carbonyl (C=O) groups excluding carboxylic acids is 1. The maximum atomic E-state index is 12.5. The molecule has 1 fully saturated rings. The number of thioether (sulfide) groups is 1. The predicted octanol–water partition coefficient (Wildman–Crippen LogP) is 2.82. The number of hydrogen-bond acceptors (Lipinski definition) is 4. The number of benzene rings is 1. The minimum atomic E-state index is 0.0170. The fraction of sp³-hybridized carbons (Fsp3) is 0.474. The van der Waals surface area contributed by atoms with Gasteiger partial charge in [-0.2, -0.15) is 16.9 Å². The van der Waals surface area contributed by atoms with E-state index in [4.69, 9.17) is 4.74 Å². The summed E-state index contributed by atoms with van der Waals surface area (Å²) in [4.78, 5) is 14.5. The van der Waals surface area contributed by atoms with Gasteiger partial charge >= 0.3 is 0 Å². The Balaban J connectivity index is 1.42. The van der Waals surface area contributed by atoms with E-state index in [2.05, 4.69) is 29.4 Å². The van der Waals surface area contributed by atoms with E-state index in [1.807, 2.05) is 39.7 Å². The van der Waals surface area contributed by atoms with Crippen molar-refractivity contribution in [3.05, 3.63) is 54.4 Å². The lowest BCUT2D eigenvalue weighted by molar-refractivity contribution is -0.131. The van der Waals surface area contributed by atoms with Crippen molar-refractivity contribution in [1.82, 2.24) is 14.7 Å². The standard InChI is InChI=1S/C19H25N3O2S/c23-19(8-13-25-16-17-6-2-1-3-7-17)21-10-5-12-24-18(14-21)15-22-11-4-9-20-22/h1-4,6-7,9,11,18H,5,8,10,12-16H2/t18-/m0/s1. The molecular formula is C19H25N3O2S. The molecule has 1 aromatic carbocycles. The third-order valence-corrected chi connectivity index (χ3v) is 5.25. The van der Waals surface area contributed by atoms with Crippen LogP contribution in [0.2, 0.25) is 0 Å². The molecule has 134 valence electrons. The van der Waals surface area contributed by atoms with Crippen molar-refractivity contribution in [2.45, 2.75) is 31.2 Å². The van der Waals surface area contributed by atoms with Crippen molar-refractivity contribution in [3.8, 4) is 0 Å². The molecule has 2 heterocycles. The predicted molar refractivity (Wildman–Crippen MR) is 100 cm³/mol. The van der Waals surface area contributed by atoms with Gasteiger partial charge in [-0.3, -0.25) is 9.48 Å². The molecule has 0 unspecified atom stereocenters. The molecule has 0 bridgehead atoms. The summed E-state index contributed by atoms with van der Waals surface area (Å²) >= 11 is 1.82. The minimum Gasteiger partial charge on any atom is -0.374 e. The Kier molecular flexibility index (Phi) is 6.94. The van der Waals surface area contributed by atoms with Gasteiger partial charge < -0.3 is 9.64 Å². The summed E-state index contributed by atoms with van der Waals surface area (Å²) in [7, 11) is 0. The van der Waals surface area contributed by atoms with Gasteiger partial charge in [0.2, 0.25) is 5.91 Å². The van der Waals surface area contributed by atoms with Crippen LogP contribution in [0.15, 0.2) is 48.8 Å². The number of rotatable bonds is 7. The van der Waals surface area contributed by atoms with Gasteiger partial charge in [0.05, 0.1) is 12.6 Å². The Morgan fingerprint density at radius 3 is 2.96 bits per heavy atom. The Bertz CT molecular complexity index is 633. The summed E-state index contributed by atoms with van der Waals surface area (Å²) < 4.78 is 7.75. The first-order chi connectivity index (χ1) is 12.3. The molecule has 1 aromatic heterocycles. The lowest BCUT2D eigenvalue weighted by Gasteiger charge is -2.24. The highest BCUT2D eigenvalue weighted by atomic mass is 32.2. The van der Waals surface area contributed by atoms with Crippen LogP contribution in [-0.2, 0) is 21.8 Å². The summed E-state index contributed by atoms with van der Waals surface area (Å²) in [6.07, 6.45) is 5.21. The molecule has 6 heteroatoms. The highest BCUT2D eigenvalue weighted by Gasteiger charge is 2.22. The summed E-state index contributed by atoms with van der Waals surface area (Å²) in [6, 6.07) is 12.3. The first kappa shape index (κ1) is 18.0. The van der Waals surface area contributed by atoms with Crippen LogP contribution in [0.5, 0.6) is 0 Å². The van der Waals surface area contributed by atoms with E-state index in [9.17, 15) is 4.79 Å². The molecule has 0 saturated carbocycles. The molecule has 3 rings (SSSR count). The number of nitrogens with zero attached hydrogens (tertiary/aromatic N) is 3. The third kappa shape index (κ3) is 5.90. The van der Waals surface area contributed by atoms with Crippen LogP contribution in [-0.4, -0.2) is 52.1 Å². The van der Waals surface area contributed by atoms with E-state index in [0.717, 1.165) is 24.5 Å². The smallest absolute Gasteiger partial charge is 0.223 e. The van der Waals surface area contributed by atoms with E-state index in [0.29, 0.717) is 26.1 Å². The van der Waals surface area contributed by atoms with E-state index >= 15 is 0 Å². The monoisotopic (exact) mass is 359 g/mol. The second-order valence-electron chi connectivity index (χ2n) is 6.20. The van der Waals surface area contributed by atoms with Gasteiger partial charge in [-0.15, -0.1) is 0 Å². The second kappa shape index (κ2) is 9.63. The van der Waals surface area contributed by atoms with Gasteiger partial charge in [0.25, 0.3) is 0 Å². The van der Waals surface area contributed by atoms with Gasteiger partial charge in [0.1, 0.15) is 0 Å². The van der Waals surface area contributed by atoms with Crippen LogP contribution < -0.4 is 0 Å². The summed E-state index contributed by atoms with van der Waals surface area (Å²) in [5.74, 6) is 2.05. The molecule has 1 saturated heterocycles. The number of aromatic nitrogens is 2. The Morgan fingerprint density at radius 2 is 2.16 bits per heavy atom. The molecule has 0 radical (unpaired) electrons. The first-order valence-corrected chi connectivity index (χ1v) is 9.95. The maximum Gasteiger partial charge on any atom is 0.223 e. The second-order valence-corrected chi connectivity index (χ2v) is 7.31. The van der Waals surface area contributed by atoms with E-state index < -0.39 is 0 Å². The van der Waals surface area contributed by atoms with E-state index in [1.54, 1.807) is 6.20 Å². The van der Waals surface area contributed by atoms with Crippen LogP contribution in [0.25, 0.3) is 0 Å². The molecule has 25 heavy (non-hydrogen) atoms. The maximum absolute atomic E-state index is 12.5. The number of carbonyl (C=O) groups is 1. The molecule has 0 spiro atoms. The summed E-state index contributed by atoms with van der Waals surface area (Å²) in [6.45, 7) is 2.85. The minimum absolute atomic E-state index is 0.0170. The molecule has 0 aliphatic carbocycles. The van der Waals surface area contributed by atoms with E-state index in [1.165, 1.54) is 5.56 Å². The Morgan fingerprint density at radius 1 is 1.28 bits per heavy atom. The highest BCUT2D eigenvalue weighted by molar-refractivity contribution is 7.98. The zero-order valence-electron chi connectivity index (χ0n) is 14.4. The average molecular weight is 359 g/mol. The highest BCUT2D eigenvalue weighted by Crippen LogP contribution is 2.15. The number of ether oxygens (including phenoxy) is 1. The van der Waals surface area contributed by atoms with Crippen molar-refractivity contribution in [1.29, 1.82) is 0 Å². The summed E-state index contributed by atoms with van der Waals surface area (Å²) in [5, 5.41) is 4.23. The van der Waals surface area contributed by atoms with Crippen molar-refractivity contribution in [2.24, 2.45) is 0 Å². The number of amides is 1. The van der Waals surface area contributed by atoms with Gasteiger partial charge in [0, 0.05) is 50.0 Å². The van der Waals surface area contributed by atoms with Crippen LogP contribution >= 0.6 is 11.8 Å². The zero-order chi connectivity index (χ0) is 17.3. The molecule has 5 nitrogen and oxygen atoms in total. The van der Waals surface area contributed by atoms with E-state index in [-0.39, 0.29) is 12.0 Å². The molecule has 1 aliphatic rings. The Labute approximate surface area is 153 Å². The third-order valence-electron chi connectivity index (χ3n) is 4.22. The van der Waals surface area contributed by atoms with Gasteiger partial charge in [-0.05, 0) is 18.1 Å².